The molecule has 0 spiro atoms. The number of fused-ring (bicyclic) bond motifs is 2. The molecule has 0 unspecified atom stereocenters. The third kappa shape index (κ3) is 4.16. The number of H-pyrrole nitrogens is 2. The largest absolute Gasteiger partial charge is 0.353 e. The van der Waals surface area contributed by atoms with E-state index >= 15 is 0 Å². The number of benzene rings is 2. The summed E-state index contributed by atoms with van der Waals surface area (Å²) in [6, 6.07) is 18.1. The number of nitrogens with one attached hydrogen (secondary N) is 3. The van der Waals surface area contributed by atoms with Gasteiger partial charge in [-0.3, -0.25) is 10.1 Å². The topological polar surface area (TPSA) is 103 Å². The number of hydrogen-bond acceptors (Lipinski definition) is 4. The van der Waals surface area contributed by atoms with Crippen molar-refractivity contribution in [1.82, 2.24) is 30.0 Å². The van der Waals surface area contributed by atoms with Crippen molar-refractivity contribution in [1.29, 1.82) is 0 Å². The van der Waals surface area contributed by atoms with Gasteiger partial charge in [0.15, 0.2) is 5.65 Å². The van der Waals surface area contributed by atoms with Gasteiger partial charge in [0.25, 0.3) is 0 Å². The van der Waals surface area contributed by atoms with Crippen molar-refractivity contribution in [3.8, 4) is 33.6 Å². The first-order chi connectivity index (χ1) is 18.0. The van der Waals surface area contributed by atoms with Gasteiger partial charge in [-0.25, -0.2) is 14.2 Å². The van der Waals surface area contributed by atoms with Gasteiger partial charge in [-0.15, -0.1) is 0 Å². The summed E-state index contributed by atoms with van der Waals surface area (Å²) in [7, 11) is 3.35. The predicted octanol–water partition coefficient (Wildman–Crippen LogP) is 6.07. The summed E-state index contributed by atoms with van der Waals surface area (Å²) in [6.07, 6.45) is 5.05. The van der Waals surface area contributed by atoms with Crippen molar-refractivity contribution < 1.29 is 9.18 Å². The Balaban J connectivity index is 1.41. The first-order valence-corrected chi connectivity index (χ1v) is 11.6. The van der Waals surface area contributed by atoms with E-state index in [-0.39, 0.29) is 11.8 Å². The molecule has 4 heterocycles. The van der Waals surface area contributed by atoms with Crippen LogP contribution in [-0.2, 0) is 0 Å². The van der Waals surface area contributed by atoms with Crippen molar-refractivity contribution >= 4 is 33.7 Å². The molecule has 0 bridgehead atoms. The number of carbonyl (C=O) groups excluding carboxylic acids is 1. The van der Waals surface area contributed by atoms with E-state index in [0.717, 1.165) is 49.9 Å². The van der Waals surface area contributed by atoms with E-state index < -0.39 is 0 Å². The number of aromatic amines is 2. The number of pyridine rings is 2. The fourth-order valence-electron chi connectivity index (χ4n) is 4.36. The zero-order chi connectivity index (χ0) is 25.5. The van der Waals surface area contributed by atoms with Gasteiger partial charge in [-0.2, -0.15) is 5.10 Å². The van der Waals surface area contributed by atoms with E-state index in [1.807, 2.05) is 42.5 Å². The van der Waals surface area contributed by atoms with Crippen LogP contribution in [0.2, 0.25) is 0 Å². The van der Waals surface area contributed by atoms with Gasteiger partial charge in [0, 0.05) is 53.9 Å². The van der Waals surface area contributed by atoms with Crippen molar-refractivity contribution in [2.45, 2.75) is 0 Å². The van der Waals surface area contributed by atoms with Crippen LogP contribution in [0, 0.1) is 5.82 Å². The molecule has 0 fully saturated rings. The SMILES string of the molecule is CN(C)C(=O)Nc1cncc(-c2cnc3n[nH]c(-c4cc5c(-c6cccc(F)c6)cccc5[nH]4)c3c2)c1. The first-order valence-electron chi connectivity index (χ1n) is 11.6. The lowest BCUT2D eigenvalue weighted by molar-refractivity contribution is 0.230. The maximum atomic E-state index is 13.9. The Morgan fingerprint density at radius 3 is 2.59 bits per heavy atom. The van der Waals surface area contributed by atoms with Crippen LogP contribution in [-0.4, -0.2) is 50.2 Å². The van der Waals surface area contributed by atoms with Gasteiger partial charge in [0.2, 0.25) is 0 Å². The fraction of sp³-hybridized carbons (Fsp3) is 0.0714. The monoisotopic (exact) mass is 491 g/mol. The van der Waals surface area contributed by atoms with E-state index in [2.05, 4.69) is 30.5 Å². The van der Waals surface area contributed by atoms with Crippen LogP contribution in [0.4, 0.5) is 14.9 Å². The standard InChI is InChI=1S/C28H22FN7O/c1-36(2)28(37)32-20-10-17(13-30-15-20)18-11-23-26(34-35-27(23)31-14-18)25-12-22-21(7-4-8-24(22)33-25)16-5-3-6-19(29)9-16/h3-15,33H,1-2H3,(H,32,37)(H,31,34,35). The number of halogens is 1. The lowest BCUT2D eigenvalue weighted by atomic mass is 10.0. The van der Waals surface area contributed by atoms with Crippen LogP contribution in [0.25, 0.3) is 55.6 Å². The minimum Gasteiger partial charge on any atom is -0.353 e. The second-order valence-electron chi connectivity index (χ2n) is 8.94. The number of urea groups is 1. The third-order valence-electron chi connectivity index (χ3n) is 6.21. The molecule has 0 saturated heterocycles. The predicted molar refractivity (Wildman–Crippen MR) is 143 cm³/mol. The Kier molecular flexibility index (Phi) is 5.37. The highest BCUT2D eigenvalue weighted by atomic mass is 19.1. The molecule has 0 radical (unpaired) electrons. The quantitative estimate of drug-likeness (QED) is 0.279. The summed E-state index contributed by atoms with van der Waals surface area (Å²) in [5.41, 5.74) is 7.10. The minimum atomic E-state index is -0.275. The zero-order valence-electron chi connectivity index (χ0n) is 20.1. The van der Waals surface area contributed by atoms with E-state index in [9.17, 15) is 9.18 Å². The Morgan fingerprint density at radius 2 is 1.76 bits per heavy atom. The van der Waals surface area contributed by atoms with E-state index in [1.54, 1.807) is 38.8 Å². The Hall–Kier alpha value is -5.05. The van der Waals surface area contributed by atoms with Crippen LogP contribution < -0.4 is 5.32 Å². The zero-order valence-corrected chi connectivity index (χ0v) is 20.1. The van der Waals surface area contributed by atoms with Crippen molar-refractivity contribution in [2.75, 3.05) is 19.4 Å². The van der Waals surface area contributed by atoms with Crippen LogP contribution in [0.5, 0.6) is 0 Å². The average Bonchev–Trinajstić information content (AvgIpc) is 3.52. The second-order valence-corrected chi connectivity index (χ2v) is 8.94. The van der Waals surface area contributed by atoms with Gasteiger partial charge in [0.05, 0.1) is 23.3 Å². The Morgan fingerprint density at radius 1 is 0.919 bits per heavy atom. The lowest BCUT2D eigenvalue weighted by Crippen LogP contribution is -2.27. The van der Waals surface area contributed by atoms with Crippen LogP contribution in [0.1, 0.15) is 0 Å². The highest BCUT2D eigenvalue weighted by molar-refractivity contribution is 6.01. The third-order valence-corrected chi connectivity index (χ3v) is 6.21. The van der Waals surface area contributed by atoms with Gasteiger partial charge < -0.3 is 15.2 Å². The fourth-order valence-corrected chi connectivity index (χ4v) is 4.36. The first kappa shape index (κ1) is 22.4. The summed E-state index contributed by atoms with van der Waals surface area (Å²) in [6.45, 7) is 0. The highest BCUT2D eigenvalue weighted by Gasteiger charge is 2.15. The smallest absolute Gasteiger partial charge is 0.321 e. The average molecular weight is 492 g/mol. The molecule has 37 heavy (non-hydrogen) atoms. The molecular formula is C28H22FN7O. The molecule has 0 atom stereocenters. The molecular weight excluding hydrogens is 469 g/mol. The summed E-state index contributed by atoms with van der Waals surface area (Å²) < 4.78 is 13.9. The van der Waals surface area contributed by atoms with E-state index in [0.29, 0.717) is 11.3 Å². The minimum absolute atomic E-state index is 0.235. The molecule has 4 aromatic heterocycles. The number of anilines is 1. The molecule has 8 nitrogen and oxygen atoms in total. The number of amides is 2. The Labute approximate surface area is 211 Å². The molecule has 0 aliphatic carbocycles. The highest BCUT2D eigenvalue weighted by Crippen LogP contribution is 2.35. The molecule has 6 rings (SSSR count). The van der Waals surface area contributed by atoms with Crippen molar-refractivity contribution in [2.24, 2.45) is 0 Å². The molecule has 9 heteroatoms. The van der Waals surface area contributed by atoms with E-state index in [4.69, 9.17) is 0 Å². The van der Waals surface area contributed by atoms with Crippen LogP contribution in [0.15, 0.2) is 79.3 Å². The molecule has 0 aliphatic heterocycles. The molecule has 0 aliphatic rings. The van der Waals surface area contributed by atoms with Gasteiger partial charge >= 0.3 is 6.03 Å². The van der Waals surface area contributed by atoms with Gasteiger partial charge in [0.1, 0.15) is 5.82 Å². The summed E-state index contributed by atoms with van der Waals surface area (Å²) in [5.74, 6) is -0.275. The molecule has 182 valence electrons. The maximum Gasteiger partial charge on any atom is 0.321 e. The number of carbonyl (C=O) groups is 1. The second kappa shape index (κ2) is 8.87. The number of aromatic nitrogens is 5. The van der Waals surface area contributed by atoms with Crippen LogP contribution >= 0.6 is 0 Å². The van der Waals surface area contributed by atoms with E-state index in [1.165, 1.54) is 17.0 Å². The van der Waals surface area contributed by atoms with Crippen molar-refractivity contribution in [3.05, 3.63) is 85.1 Å². The van der Waals surface area contributed by atoms with Crippen LogP contribution in [0.3, 0.4) is 0 Å². The number of nitrogens with zero attached hydrogens (tertiary/aromatic N) is 4. The van der Waals surface area contributed by atoms with Crippen molar-refractivity contribution in [3.63, 3.8) is 0 Å². The number of rotatable bonds is 4. The summed E-state index contributed by atoms with van der Waals surface area (Å²) >= 11 is 0. The van der Waals surface area contributed by atoms with Gasteiger partial charge in [-0.05, 0) is 47.5 Å². The molecule has 2 aromatic carbocycles. The van der Waals surface area contributed by atoms with Gasteiger partial charge in [-0.1, -0.05) is 24.3 Å². The summed E-state index contributed by atoms with van der Waals surface area (Å²) in [4.78, 5) is 25.8. The number of hydrogen-bond donors (Lipinski definition) is 3. The molecule has 0 saturated carbocycles. The molecule has 3 N–H and O–H groups in total. The maximum absolute atomic E-state index is 13.9. The molecule has 2 amide bonds. The summed E-state index contributed by atoms with van der Waals surface area (Å²) in [5, 5.41) is 12.1. The lowest BCUT2D eigenvalue weighted by Gasteiger charge is -2.12. The Bertz CT molecular complexity index is 1790. The molecule has 6 aromatic rings. The normalized spacial score (nSPS) is 11.2.